The average Bonchev–Trinajstić information content (AvgIpc) is 2.45. The van der Waals surface area contributed by atoms with Gasteiger partial charge in [0.05, 0.1) is 0 Å². The van der Waals surface area contributed by atoms with Gasteiger partial charge < -0.3 is 5.32 Å². The largest absolute Gasteiger partial charge is 0.312 e. The summed E-state index contributed by atoms with van der Waals surface area (Å²) in [4.78, 5) is 5.27. The lowest BCUT2D eigenvalue weighted by atomic mass is 9.95. The molecule has 1 N–H and O–H groups in total. The predicted octanol–water partition coefficient (Wildman–Crippen LogP) is 2.32. The Balaban J connectivity index is 1.69. The van der Waals surface area contributed by atoms with Crippen molar-refractivity contribution in [3.05, 3.63) is 0 Å². The number of piperazine rings is 1. The third-order valence-corrected chi connectivity index (χ3v) is 5.13. The summed E-state index contributed by atoms with van der Waals surface area (Å²) in [6.07, 6.45) is 7.10. The Labute approximate surface area is 119 Å². The Hall–Kier alpha value is -0.120. The van der Waals surface area contributed by atoms with Crippen molar-refractivity contribution >= 4 is 0 Å². The van der Waals surface area contributed by atoms with Gasteiger partial charge in [0.25, 0.3) is 0 Å². The second-order valence-electron chi connectivity index (χ2n) is 6.56. The van der Waals surface area contributed by atoms with Crippen LogP contribution in [0.25, 0.3) is 0 Å². The van der Waals surface area contributed by atoms with Crippen LogP contribution >= 0.6 is 0 Å². The van der Waals surface area contributed by atoms with Gasteiger partial charge in [-0.1, -0.05) is 26.2 Å². The lowest BCUT2D eigenvalue weighted by Crippen LogP contribution is -2.56. The van der Waals surface area contributed by atoms with E-state index in [-0.39, 0.29) is 0 Å². The summed E-state index contributed by atoms with van der Waals surface area (Å²) >= 11 is 0. The first-order valence-corrected chi connectivity index (χ1v) is 8.42. The summed E-state index contributed by atoms with van der Waals surface area (Å²) in [5, 5.41) is 3.80. The molecule has 19 heavy (non-hydrogen) atoms. The lowest BCUT2D eigenvalue weighted by molar-refractivity contribution is 0.0624. The molecule has 2 fully saturated rings. The van der Waals surface area contributed by atoms with Gasteiger partial charge in [-0.15, -0.1) is 0 Å². The van der Waals surface area contributed by atoms with E-state index >= 15 is 0 Å². The molecule has 0 bridgehead atoms. The summed E-state index contributed by atoms with van der Waals surface area (Å²) in [6, 6.07) is 2.20. The molecule has 2 atom stereocenters. The van der Waals surface area contributed by atoms with E-state index in [0.29, 0.717) is 6.04 Å². The van der Waals surface area contributed by atoms with Crippen LogP contribution in [0.2, 0.25) is 0 Å². The highest BCUT2D eigenvalue weighted by atomic mass is 15.3. The van der Waals surface area contributed by atoms with Crippen molar-refractivity contribution in [3.63, 3.8) is 0 Å². The highest BCUT2D eigenvalue weighted by Crippen LogP contribution is 2.18. The van der Waals surface area contributed by atoms with Crippen LogP contribution in [0.4, 0.5) is 0 Å². The zero-order chi connectivity index (χ0) is 13.7. The van der Waals surface area contributed by atoms with Crippen molar-refractivity contribution < 1.29 is 0 Å². The van der Waals surface area contributed by atoms with Crippen molar-refractivity contribution in [2.24, 2.45) is 0 Å². The van der Waals surface area contributed by atoms with E-state index in [4.69, 9.17) is 0 Å². The second-order valence-corrected chi connectivity index (χ2v) is 6.56. The smallest absolute Gasteiger partial charge is 0.0195 e. The van der Waals surface area contributed by atoms with Crippen molar-refractivity contribution in [2.75, 3.05) is 32.7 Å². The lowest BCUT2D eigenvalue weighted by Gasteiger charge is -2.42. The minimum absolute atomic E-state index is 0.684. The Morgan fingerprint density at radius 3 is 2.53 bits per heavy atom. The van der Waals surface area contributed by atoms with Crippen molar-refractivity contribution in [3.8, 4) is 0 Å². The normalized spacial score (nSPS) is 29.5. The Morgan fingerprint density at radius 1 is 1.16 bits per heavy atom. The highest BCUT2D eigenvalue weighted by Gasteiger charge is 2.25. The Bertz CT molecular complexity index is 250. The van der Waals surface area contributed by atoms with Crippen LogP contribution < -0.4 is 5.32 Å². The van der Waals surface area contributed by atoms with Gasteiger partial charge >= 0.3 is 0 Å². The summed E-state index contributed by atoms with van der Waals surface area (Å²) in [7, 11) is 0. The van der Waals surface area contributed by atoms with Crippen LogP contribution in [0.1, 0.15) is 52.9 Å². The Morgan fingerprint density at radius 2 is 1.89 bits per heavy atom. The van der Waals surface area contributed by atoms with Crippen LogP contribution in [0.15, 0.2) is 0 Å². The molecule has 1 saturated carbocycles. The third kappa shape index (κ3) is 4.44. The van der Waals surface area contributed by atoms with Gasteiger partial charge in [0.1, 0.15) is 0 Å². The van der Waals surface area contributed by atoms with Crippen molar-refractivity contribution in [1.82, 2.24) is 15.1 Å². The minimum atomic E-state index is 0.684. The quantitative estimate of drug-likeness (QED) is 0.825. The number of nitrogens with one attached hydrogen (secondary N) is 1. The number of hydrogen-bond acceptors (Lipinski definition) is 3. The van der Waals surface area contributed by atoms with Gasteiger partial charge in [-0.2, -0.15) is 0 Å². The van der Waals surface area contributed by atoms with Gasteiger partial charge in [-0.05, 0) is 33.2 Å². The fraction of sp³-hybridized carbons (Fsp3) is 1.00. The standard InChI is InChI=1S/C16H33N3/c1-4-18-10-11-19(13-15(18)3)14(2)12-17-16-8-6-5-7-9-16/h14-17H,4-13H2,1-3H3. The molecular formula is C16H33N3. The van der Waals surface area contributed by atoms with Crippen LogP contribution in [0.5, 0.6) is 0 Å². The molecule has 0 aromatic carbocycles. The molecule has 1 aliphatic carbocycles. The van der Waals surface area contributed by atoms with Crippen molar-refractivity contribution in [1.29, 1.82) is 0 Å². The van der Waals surface area contributed by atoms with E-state index < -0.39 is 0 Å². The molecule has 1 aliphatic heterocycles. The first-order chi connectivity index (χ1) is 9.20. The van der Waals surface area contributed by atoms with E-state index in [2.05, 4.69) is 35.9 Å². The van der Waals surface area contributed by atoms with Gasteiger partial charge in [0, 0.05) is 44.3 Å². The molecule has 2 aliphatic rings. The molecule has 3 nitrogen and oxygen atoms in total. The van der Waals surface area contributed by atoms with Crippen molar-refractivity contribution in [2.45, 2.75) is 71.0 Å². The maximum Gasteiger partial charge on any atom is 0.0195 e. The van der Waals surface area contributed by atoms with Gasteiger partial charge in [0.2, 0.25) is 0 Å². The molecule has 2 rings (SSSR count). The molecule has 0 radical (unpaired) electrons. The molecule has 0 aromatic rings. The van der Waals surface area contributed by atoms with E-state index in [1.165, 1.54) is 64.8 Å². The van der Waals surface area contributed by atoms with Gasteiger partial charge in [-0.3, -0.25) is 9.80 Å². The number of rotatable bonds is 5. The van der Waals surface area contributed by atoms with Crippen LogP contribution in [-0.2, 0) is 0 Å². The monoisotopic (exact) mass is 267 g/mol. The van der Waals surface area contributed by atoms with Gasteiger partial charge in [0.15, 0.2) is 0 Å². The maximum absolute atomic E-state index is 3.80. The van der Waals surface area contributed by atoms with E-state index in [1.807, 2.05) is 0 Å². The van der Waals surface area contributed by atoms with Crippen LogP contribution in [-0.4, -0.2) is 60.6 Å². The fourth-order valence-electron chi connectivity index (χ4n) is 3.67. The molecular weight excluding hydrogens is 234 g/mol. The van der Waals surface area contributed by atoms with E-state index in [0.717, 1.165) is 12.1 Å². The number of nitrogens with zero attached hydrogens (tertiary/aromatic N) is 2. The molecule has 1 saturated heterocycles. The number of hydrogen-bond donors (Lipinski definition) is 1. The summed E-state index contributed by atoms with van der Waals surface area (Å²) in [6.45, 7) is 13.1. The highest BCUT2D eigenvalue weighted by molar-refractivity contribution is 4.83. The zero-order valence-electron chi connectivity index (χ0n) is 13.2. The van der Waals surface area contributed by atoms with E-state index in [1.54, 1.807) is 0 Å². The third-order valence-electron chi connectivity index (χ3n) is 5.13. The Kier molecular flexibility index (Phi) is 6.11. The number of likely N-dealkylation sites (N-methyl/N-ethyl adjacent to an activating group) is 1. The van der Waals surface area contributed by atoms with Gasteiger partial charge in [-0.25, -0.2) is 0 Å². The predicted molar refractivity (Wildman–Crippen MR) is 82.6 cm³/mol. The summed E-state index contributed by atoms with van der Waals surface area (Å²) < 4.78 is 0. The fourth-order valence-corrected chi connectivity index (χ4v) is 3.67. The zero-order valence-corrected chi connectivity index (χ0v) is 13.2. The maximum atomic E-state index is 3.80. The second kappa shape index (κ2) is 7.61. The topological polar surface area (TPSA) is 18.5 Å². The van der Waals surface area contributed by atoms with Crippen LogP contribution in [0.3, 0.4) is 0 Å². The minimum Gasteiger partial charge on any atom is -0.312 e. The first-order valence-electron chi connectivity index (χ1n) is 8.42. The SMILES string of the molecule is CCN1CCN(C(C)CNC2CCCCC2)CC1C. The summed E-state index contributed by atoms with van der Waals surface area (Å²) in [5.74, 6) is 0. The molecule has 2 unspecified atom stereocenters. The molecule has 112 valence electrons. The molecule has 0 amide bonds. The summed E-state index contributed by atoms with van der Waals surface area (Å²) in [5.41, 5.74) is 0. The molecule has 1 heterocycles. The van der Waals surface area contributed by atoms with E-state index in [9.17, 15) is 0 Å². The molecule has 0 spiro atoms. The molecule has 0 aromatic heterocycles. The first kappa shape index (κ1) is 15.3. The molecule has 3 heteroatoms. The average molecular weight is 267 g/mol. The van der Waals surface area contributed by atoms with Crippen LogP contribution in [0, 0.1) is 0 Å².